The van der Waals surface area contributed by atoms with Crippen molar-refractivity contribution in [3.63, 3.8) is 0 Å². The molecule has 0 spiro atoms. The highest BCUT2D eigenvalue weighted by Gasteiger charge is 2.18. The molecule has 25 heavy (non-hydrogen) atoms. The quantitative estimate of drug-likeness (QED) is 0.664. The molecule has 5 nitrogen and oxygen atoms in total. The Morgan fingerprint density at radius 1 is 1.20 bits per heavy atom. The first kappa shape index (κ1) is 19.8. The molecule has 0 amide bonds. The van der Waals surface area contributed by atoms with E-state index in [0.29, 0.717) is 30.7 Å². The third kappa shape index (κ3) is 4.77. The third-order valence-corrected chi connectivity index (χ3v) is 4.56. The number of rotatable bonds is 7. The van der Waals surface area contributed by atoms with Gasteiger partial charge >= 0.3 is 0 Å². The summed E-state index contributed by atoms with van der Waals surface area (Å²) in [5, 5.41) is 10.1. The van der Waals surface area contributed by atoms with Gasteiger partial charge in [-0.2, -0.15) is 0 Å². The van der Waals surface area contributed by atoms with Crippen molar-refractivity contribution in [1.82, 2.24) is 9.97 Å². The highest BCUT2D eigenvalue weighted by molar-refractivity contribution is 9.10. The van der Waals surface area contributed by atoms with Gasteiger partial charge in [-0.3, -0.25) is 0 Å². The van der Waals surface area contributed by atoms with Gasteiger partial charge in [0.2, 0.25) is 5.95 Å². The number of aromatic nitrogens is 2. The minimum atomic E-state index is -1.05. The summed E-state index contributed by atoms with van der Waals surface area (Å²) in [6.07, 6.45) is -1.05. The fourth-order valence-electron chi connectivity index (χ4n) is 2.59. The molecule has 136 valence electrons. The summed E-state index contributed by atoms with van der Waals surface area (Å²) < 4.78 is 6.26. The highest BCUT2D eigenvalue weighted by atomic mass is 79.9. The van der Waals surface area contributed by atoms with E-state index in [0.717, 1.165) is 15.9 Å². The van der Waals surface area contributed by atoms with Gasteiger partial charge < -0.3 is 14.7 Å². The van der Waals surface area contributed by atoms with Crippen LogP contribution in [0.25, 0.3) is 0 Å². The molecule has 1 N–H and O–H groups in total. The van der Waals surface area contributed by atoms with Crippen LogP contribution in [-0.4, -0.2) is 28.2 Å². The number of aliphatic hydroxyl groups is 1. The van der Waals surface area contributed by atoms with Crippen molar-refractivity contribution in [2.75, 3.05) is 18.1 Å². The monoisotopic (exact) mass is 407 g/mol. The zero-order chi connectivity index (χ0) is 18.6. The molecule has 0 aliphatic rings. The van der Waals surface area contributed by atoms with Crippen LogP contribution in [0.1, 0.15) is 56.9 Å². The second-order valence-corrected chi connectivity index (χ2v) is 7.01. The van der Waals surface area contributed by atoms with Crippen LogP contribution in [0.3, 0.4) is 0 Å². The molecule has 0 radical (unpaired) electrons. The van der Waals surface area contributed by atoms with Gasteiger partial charge in [0.05, 0.1) is 5.69 Å². The van der Waals surface area contributed by atoms with Crippen LogP contribution in [-0.2, 0) is 4.74 Å². The standard InChI is InChI=1S/C19H26BrN3O2/c1-6-23(17-9-8-14(12(3)4)11-15(17)20)19-21-13(5)10-16(22-19)18(24)25-7-2/h8-12,18,24H,6-7H2,1-5H3. The number of hydrogen-bond donors (Lipinski definition) is 1. The average Bonchev–Trinajstić information content (AvgIpc) is 2.56. The van der Waals surface area contributed by atoms with E-state index in [1.54, 1.807) is 6.07 Å². The highest BCUT2D eigenvalue weighted by Crippen LogP contribution is 2.33. The van der Waals surface area contributed by atoms with E-state index in [1.807, 2.05) is 25.7 Å². The second kappa shape index (κ2) is 8.74. The molecule has 0 aliphatic carbocycles. The average molecular weight is 408 g/mol. The molecule has 6 heteroatoms. The largest absolute Gasteiger partial charge is 0.363 e. The van der Waals surface area contributed by atoms with Crippen molar-refractivity contribution >= 4 is 27.6 Å². The number of hydrogen-bond acceptors (Lipinski definition) is 5. The van der Waals surface area contributed by atoms with E-state index < -0.39 is 6.29 Å². The lowest BCUT2D eigenvalue weighted by Crippen LogP contribution is -2.21. The molecule has 1 aromatic heterocycles. The van der Waals surface area contributed by atoms with Crippen LogP contribution in [0.2, 0.25) is 0 Å². The molecular weight excluding hydrogens is 382 g/mol. The summed E-state index contributed by atoms with van der Waals surface area (Å²) in [6.45, 7) is 11.2. The predicted molar refractivity (Wildman–Crippen MR) is 104 cm³/mol. The zero-order valence-corrected chi connectivity index (χ0v) is 17.0. The Labute approximate surface area is 158 Å². The van der Waals surface area contributed by atoms with Crippen molar-refractivity contribution in [3.05, 3.63) is 45.7 Å². The number of anilines is 2. The molecule has 1 unspecified atom stereocenters. The van der Waals surface area contributed by atoms with Gasteiger partial charge in [-0.05, 0) is 66.4 Å². The number of ether oxygens (including phenoxy) is 1. The molecule has 2 rings (SSSR count). The number of nitrogens with zero attached hydrogens (tertiary/aromatic N) is 3. The van der Waals surface area contributed by atoms with E-state index in [-0.39, 0.29) is 0 Å². The summed E-state index contributed by atoms with van der Waals surface area (Å²) in [5.74, 6) is 1.01. The maximum absolute atomic E-state index is 10.1. The van der Waals surface area contributed by atoms with Crippen LogP contribution in [0.5, 0.6) is 0 Å². The lowest BCUT2D eigenvalue weighted by atomic mass is 10.0. The number of aliphatic hydroxyl groups excluding tert-OH is 1. The van der Waals surface area contributed by atoms with Crippen LogP contribution in [0.4, 0.5) is 11.6 Å². The number of halogens is 1. The van der Waals surface area contributed by atoms with Crippen LogP contribution < -0.4 is 4.90 Å². The minimum absolute atomic E-state index is 0.416. The third-order valence-electron chi connectivity index (χ3n) is 3.93. The molecule has 1 atom stereocenters. The Bertz CT molecular complexity index is 722. The molecule has 2 aromatic rings. The molecule has 0 fully saturated rings. The fourth-order valence-corrected chi connectivity index (χ4v) is 3.20. The van der Waals surface area contributed by atoms with Gasteiger partial charge in [0.1, 0.15) is 5.69 Å². The van der Waals surface area contributed by atoms with Crippen molar-refractivity contribution in [2.24, 2.45) is 0 Å². The van der Waals surface area contributed by atoms with Crippen molar-refractivity contribution in [2.45, 2.75) is 46.8 Å². The normalized spacial score (nSPS) is 12.5. The van der Waals surface area contributed by atoms with Gasteiger partial charge in [-0.1, -0.05) is 19.9 Å². The summed E-state index contributed by atoms with van der Waals surface area (Å²) in [5.41, 5.74) is 3.52. The first-order valence-corrected chi connectivity index (χ1v) is 9.38. The van der Waals surface area contributed by atoms with E-state index >= 15 is 0 Å². The Morgan fingerprint density at radius 2 is 1.92 bits per heavy atom. The lowest BCUT2D eigenvalue weighted by Gasteiger charge is -2.24. The van der Waals surface area contributed by atoms with E-state index in [2.05, 4.69) is 57.9 Å². The molecule has 1 aromatic carbocycles. The summed E-state index contributed by atoms with van der Waals surface area (Å²) in [4.78, 5) is 11.1. The Kier molecular flexibility index (Phi) is 6.93. The topological polar surface area (TPSA) is 58.5 Å². The first-order chi connectivity index (χ1) is 11.9. The smallest absolute Gasteiger partial charge is 0.230 e. The summed E-state index contributed by atoms with van der Waals surface area (Å²) in [7, 11) is 0. The van der Waals surface area contributed by atoms with E-state index in [1.165, 1.54) is 5.56 Å². The molecular formula is C19H26BrN3O2. The summed E-state index contributed by atoms with van der Waals surface area (Å²) >= 11 is 3.67. The fraction of sp³-hybridized carbons (Fsp3) is 0.474. The first-order valence-electron chi connectivity index (χ1n) is 8.59. The SMILES string of the molecule is CCOC(O)c1cc(C)nc(N(CC)c2ccc(C(C)C)cc2Br)n1. The van der Waals surface area contributed by atoms with Gasteiger partial charge in [0, 0.05) is 23.3 Å². The number of benzene rings is 1. The predicted octanol–water partition coefficient (Wildman–Crippen LogP) is 4.86. The molecule has 0 saturated heterocycles. The maximum Gasteiger partial charge on any atom is 0.230 e. The molecule has 0 saturated carbocycles. The van der Waals surface area contributed by atoms with Crippen LogP contribution >= 0.6 is 15.9 Å². The van der Waals surface area contributed by atoms with E-state index in [4.69, 9.17) is 4.74 Å². The Balaban J connectivity index is 2.44. The van der Waals surface area contributed by atoms with Gasteiger partial charge in [0.25, 0.3) is 0 Å². The van der Waals surface area contributed by atoms with Crippen molar-refractivity contribution < 1.29 is 9.84 Å². The summed E-state index contributed by atoms with van der Waals surface area (Å²) in [6, 6.07) is 8.08. The molecule has 0 bridgehead atoms. The minimum Gasteiger partial charge on any atom is -0.363 e. The van der Waals surface area contributed by atoms with Crippen LogP contribution in [0, 0.1) is 6.92 Å². The van der Waals surface area contributed by atoms with Gasteiger partial charge in [0.15, 0.2) is 6.29 Å². The Hall–Kier alpha value is -1.50. The van der Waals surface area contributed by atoms with Crippen LogP contribution in [0.15, 0.2) is 28.7 Å². The molecule has 0 aliphatic heterocycles. The maximum atomic E-state index is 10.1. The zero-order valence-electron chi connectivity index (χ0n) is 15.5. The van der Waals surface area contributed by atoms with Crippen molar-refractivity contribution in [1.29, 1.82) is 0 Å². The molecule has 1 heterocycles. The second-order valence-electron chi connectivity index (χ2n) is 6.15. The van der Waals surface area contributed by atoms with E-state index in [9.17, 15) is 5.11 Å². The Morgan fingerprint density at radius 3 is 2.48 bits per heavy atom. The van der Waals surface area contributed by atoms with Gasteiger partial charge in [-0.25, -0.2) is 9.97 Å². The van der Waals surface area contributed by atoms with Gasteiger partial charge in [-0.15, -0.1) is 0 Å². The van der Waals surface area contributed by atoms with Crippen molar-refractivity contribution in [3.8, 4) is 0 Å². The lowest BCUT2D eigenvalue weighted by molar-refractivity contribution is -0.101. The number of aryl methyl sites for hydroxylation is 1.